The fraction of sp³-hybridized carbons (Fsp3) is 0.300. The lowest BCUT2D eigenvalue weighted by atomic mass is 10.4. The van der Waals surface area contributed by atoms with E-state index in [1.165, 1.54) is 6.08 Å². The second-order valence-corrected chi connectivity index (χ2v) is 2.77. The van der Waals surface area contributed by atoms with E-state index in [9.17, 15) is 4.79 Å². The van der Waals surface area contributed by atoms with Crippen molar-refractivity contribution in [2.45, 2.75) is 13.8 Å². The van der Waals surface area contributed by atoms with E-state index in [0.717, 1.165) is 0 Å². The van der Waals surface area contributed by atoms with Gasteiger partial charge in [-0.1, -0.05) is 18.2 Å². The number of hydrogen-bond donors (Lipinski definition) is 2. The van der Waals surface area contributed by atoms with Gasteiger partial charge in [-0.15, -0.1) is 5.10 Å². The van der Waals surface area contributed by atoms with Crippen LogP contribution in [-0.4, -0.2) is 27.7 Å². The Kier molecular flexibility index (Phi) is 4.78. The molecule has 1 heterocycles. The first kappa shape index (κ1) is 12.0. The second kappa shape index (κ2) is 6.39. The number of anilines is 1. The molecule has 0 atom stereocenters. The standard InChI is InChI=1S/C10H14N4O2/c1-3-5-6-7-8(15)11-9-12-10(14-13-9)16-4-2/h3,5-7H,4H2,1-2H3,(H2,11,12,13,14,15)/b5-3?,7-6+. The molecule has 2 N–H and O–H groups in total. The topological polar surface area (TPSA) is 79.9 Å². The average Bonchev–Trinajstić information content (AvgIpc) is 2.66. The number of rotatable bonds is 5. The van der Waals surface area contributed by atoms with E-state index in [0.29, 0.717) is 6.61 Å². The summed E-state index contributed by atoms with van der Waals surface area (Å²) in [4.78, 5) is 15.2. The van der Waals surface area contributed by atoms with E-state index in [4.69, 9.17) is 4.74 Å². The number of H-pyrrole nitrogens is 1. The highest BCUT2D eigenvalue weighted by atomic mass is 16.5. The molecule has 0 saturated carbocycles. The van der Waals surface area contributed by atoms with Crippen molar-refractivity contribution in [3.63, 3.8) is 0 Å². The summed E-state index contributed by atoms with van der Waals surface area (Å²) >= 11 is 0. The van der Waals surface area contributed by atoms with Crippen molar-refractivity contribution >= 4 is 11.9 Å². The molecule has 0 aliphatic rings. The number of nitrogens with one attached hydrogen (secondary N) is 2. The van der Waals surface area contributed by atoms with Crippen LogP contribution >= 0.6 is 0 Å². The van der Waals surface area contributed by atoms with E-state index in [1.54, 1.807) is 12.2 Å². The maximum absolute atomic E-state index is 11.3. The van der Waals surface area contributed by atoms with Crippen molar-refractivity contribution in [2.24, 2.45) is 0 Å². The van der Waals surface area contributed by atoms with Gasteiger partial charge in [-0.05, 0) is 13.8 Å². The van der Waals surface area contributed by atoms with E-state index < -0.39 is 0 Å². The number of nitrogens with zero attached hydrogens (tertiary/aromatic N) is 2. The lowest BCUT2D eigenvalue weighted by Gasteiger charge is -1.94. The van der Waals surface area contributed by atoms with Gasteiger partial charge in [-0.25, -0.2) is 5.10 Å². The Bertz CT molecular complexity index is 395. The van der Waals surface area contributed by atoms with Gasteiger partial charge in [-0.2, -0.15) is 4.98 Å². The van der Waals surface area contributed by atoms with Gasteiger partial charge in [0.2, 0.25) is 5.95 Å². The Morgan fingerprint density at radius 3 is 3.06 bits per heavy atom. The Morgan fingerprint density at radius 2 is 2.38 bits per heavy atom. The van der Waals surface area contributed by atoms with Crippen LogP contribution in [0.2, 0.25) is 0 Å². The second-order valence-electron chi connectivity index (χ2n) is 2.77. The number of amides is 1. The zero-order chi connectivity index (χ0) is 11.8. The van der Waals surface area contributed by atoms with E-state index in [2.05, 4.69) is 20.5 Å². The van der Waals surface area contributed by atoms with Gasteiger partial charge in [0, 0.05) is 6.08 Å². The fourth-order valence-corrected chi connectivity index (χ4v) is 0.908. The number of ether oxygens (including phenoxy) is 1. The van der Waals surface area contributed by atoms with Crippen LogP contribution in [-0.2, 0) is 4.79 Å². The molecule has 1 rings (SSSR count). The molecule has 0 fully saturated rings. The first-order valence-corrected chi connectivity index (χ1v) is 4.91. The number of hydrogen-bond acceptors (Lipinski definition) is 4. The third kappa shape index (κ3) is 3.95. The summed E-state index contributed by atoms with van der Waals surface area (Å²) < 4.78 is 5.03. The molecular weight excluding hydrogens is 208 g/mol. The molecule has 0 spiro atoms. The molecule has 0 aliphatic carbocycles. The first-order valence-electron chi connectivity index (χ1n) is 4.91. The first-order chi connectivity index (χ1) is 7.76. The Hall–Kier alpha value is -2.11. The van der Waals surface area contributed by atoms with Crippen LogP contribution in [0.4, 0.5) is 5.95 Å². The Balaban J connectivity index is 2.49. The highest BCUT2D eigenvalue weighted by molar-refractivity contribution is 5.98. The summed E-state index contributed by atoms with van der Waals surface area (Å²) in [5.41, 5.74) is 0. The van der Waals surface area contributed by atoms with Crippen LogP contribution in [0.15, 0.2) is 24.3 Å². The Labute approximate surface area is 93.4 Å². The number of carbonyl (C=O) groups is 1. The third-order valence-electron chi connectivity index (χ3n) is 1.53. The van der Waals surface area contributed by atoms with Crippen molar-refractivity contribution in [3.8, 4) is 6.01 Å². The zero-order valence-electron chi connectivity index (χ0n) is 9.23. The molecule has 0 aliphatic heterocycles. The van der Waals surface area contributed by atoms with Crippen LogP contribution in [0.5, 0.6) is 6.01 Å². The van der Waals surface area contributed by atoms with Gasteiger partial charge in [0.05, 0.1) is 6.61 Å². The summed E-state index contributed by atoms with van der Waals surface area (Å²) in [5, 5.41) is 8.80. The SMILES string of the molecule is CC=C/C=C/C(=O)Nc1nc(OCC)n[nH]1. The highest BCUT2D eigenvalue weighted by Gasteiger charge is 2.04. The summed E-state index contributed by atoms with van der Waals surface area (Å²) in [7, 11) is 0. The molecule has 6 nitrogen and oxygen atoms in total. The van der Waals surface area contributed by atoms with Crippen LogP contribution in [0, 0.1) is 0 Å². The number of aromatic nitrogens is 3. The molecule has 0 aromatic carbocycles. The molecule has 86 valence electrons. The van der Waals surface area contributed by atoms with Crippen LogP contribution in [0.3, 0.4) is 0 Å². The lowest BCUT2D eigenvalue weighted by Crippen LogP contribution is -2.09. The molecule has 1 amide bonds. The monoisotopic (exact) mass is 222 g/mol. The van der Waals surface area contributed by atoms with Crippen LogP contribution in [0.25, 0.3) is 0 Å². The highest BCUT2D eigenvalue weighted by Crippen LogP contribution is 2.05. The molecule has 6 heteroatoms. The zero-order valence-corrected chi connectivity index (χ0v) is 9.23. The summed E-state index contributed by atoms with van der Waals surface area (Å²) in [5.74, 6) is -0.0177. The normalized spacial score (nSPS) is 11.1. The fourth-order valence-electron chi connectivity index (χ4n) is 0.908. The molecule has 16 heavy (non-hydrogen) atoms. The lowest BCUT2D eigenvalue weighted by molar-refractivity contribution is -0.111. The van der Waals surface area contributed by atoms with E-state index in [1.807, 2.05) is 19.9 Å². The molecule has 0 radical (unpaired) electrons. The minimum Gasteiger partial charge on any atom is -0.463 e. The predicted molar refractivity (Wildman–Crippen MR) is 60.1 cm³/mol. The van der Waals surface area contributed by atoms with E-state index >= 15 is 0 Å². The van der Waals surface area contributed by atoms with E-state index in [-0.39, 0.29) is 17.9 Å². The smallest absolute Gasteiger partial charge is 0.337 e. The van der Waals surface area contributed by atoms with Gasteiger partial charge in [0.15, 0.2) is 0 Å². The van der Waals surface area contributed by atoms with Gasteiger partial charge in [0.25, 0.3) is 5.91 Å². The van der Waals surface area contributed by atoms with Crippen molar-refractivity contribution in [3.05, 3.63) is 24.3 Å². The third-order valence-corrected chi connectivity index (χ3v) is 1.53. The average molecular weight is 222 g/mol. The van der Waals surface area contributed by atoms with Crippen molar-refractivity contribution in [1.29, 1.82) is 0 Å². The van der Waals surface area contributed by atoms with Gasteiger partial charge >= 0.3 is 6.01 Å². The molecule has 0 bridgehead atoms. The van der Waals surface area contributed by atoms with Gasteiger partial charge in [0.1, 0.15) is 0 Å². The minimum absolute atomic E-state index is 0.218. The molecule has 0 unspecified atom stereocenters. The summed E-state index contributed by atoms with van der Waals surface area (Å²) in [6.45, 7) is 4.17. The number of aromatic amines is 1. The van der Waals surface area contributed by atoms with Crippen molar-refractivity contribution in [2.75, 3.05) is 11.9 Å². The van der Waals surface area contributed by atoms with Crippen LogP contribution in [0.1, 0.15) is 13.8 Å². The van der Waals surface area contributed by atoms with Crippen molar-refractivity contribution in [1.82, 2.24) is 15.2 Å². The quantitative estimate of drug-likeness (QED) is 0.581. The van der Waals surface area contributed by atoms with Gasteiger partial charge in [-0.3, -0.25) is 10.1 Å². The number of carbonyl (C=O) groups excluding carboxylic acids is 1. The molecule has 1 aromatic heterocycles. The van der Waals surface area contributed by atoms with Gasteiger partial charge < -0.3 is 4.74 Å². The maximum Gasteiger partial charge on any atom is 0.337 e. The molecular formula is C10H14N4O2. The number of allylic oxidation sites excluding steroid dienone is 3. The maximum atomic E-state index is 11.3. The summed E-state index contributed by atoms with van der Waals surface area (Å²) in [6, 6.07) is 0.218. The van der Waals surface area contributed by atoms with Crippen LogP contribution < -0.4 is 10.1 Å². The molecule has 1 aromatic rings. The van der Waals surface area contributed by atoms with Crippen molar-refractivity contribution < 1.29 is 9.53 Å². The largest absolute Gasteiger partial charge is 0.463 e. The Morgan fingerprint density at radius 1 is 1.56 bits per heavy atom. The molecule has 0 saturated heterocycles. The summed E-state index contributed by atoms with van der Waals surface area (Å²) in [6.07, 6.45) is 6.61. The predicted octanol–water partition coefficient (Wildman–Crippen LogP) is 1.27. The minimum atomic E-state index is -0.280.